The molecule has 1 N–H and O–H groups in total. The Hall–Kier alpha value is -0.890. The number of nitrogens with zero attached hydrogens (tertiary/aromatic N) is 2. The fourth-order valence-corrected chi connectivity index (χ4v) is 1.86. The topological polar surface area (TPSA) is 47.0 Å². The zero-order valence-electron chi connectivity index (χ0n) is 9.05. The number of hydrogen-bond acceptors (Lipinski definition) is 5. The summed E-state index contributed by atoms with van der Waals surface area (Å²) in [6.07, 6.45) is -4.44. The van der Waals surface area contributed by atoms with E-state index in [1.54, 1.807) is 13.8 Å². The molecule has 1 rings (SSSR count). The molecule has 0 saturated carbocycles. The van der Waals surface area contributed by atoms with E-state index in [0.29, 0.717) is 17.9 Å². The zero-order valence-corrected chi connectivity index (χ0v) is 9.87. The van der Waals surface area contributed by atoms with Gasteiger partial charge in [-0.25, -0.2) is 0 Å². The Morgan fingerprint density at radius 2 is 1.94 bits per heavy atom. The van der Waals surface area contributed by atoms with E-state index in [1.165, 1.54) is 7.11 Å². The number of aromatic nitrogens is 2. The number of ether oxygens (including phenoxy) is 1. The molecule has 0 aliphatic heterocycles. The minimum Gasteiger partial charge on any atom is -0.382 e. The molecule has 1 aromatic rings. The Morgan fingerprint density at radius 1 is 1.31 bits per heavy atom. The summed E-state index contributed by atoms with van der Waals surface area (Å²) in [6.45, 7) is 3.95. The maximum Gasteiger partial charge on any atom is 0.445 e. The van der Waals surface area contributed by atoms with Gasteiger partial charge in [-0.1, -0.05) is 11.3 Å². The van der Waals surface area contributed by atoms with Crippen molar-refractivity contribution in [3.8, 4) is 0 Å². The van der Waals surface area contributed by atoms with Crippen molar-refractivity contribution in [2.75, 3.05) is 19.0 Å². The molecule has 16 heavy (non-hydrogen) atoms. The van der Waals surface area contributed by atoms with Gasteiger partial charge < -0.3 is 10.1 Å². The molecule has 0 unspecified atom stereocenters. The molecule has 0 amide bonds. The van der Waals surface area contributed by atoms with Gasteiger partial charge in [0.15, 0.2) is 0 Å². The van der Waals surface area contributed by atoms with E-state index in [4.69, 9.17) is 4.74 Å². The van der Waals surface area contributed by atoms with E-state index >= 15 is 0 Å². The molecular weight excluding hydrogens is 243 g/mol. The predicted molar refractivity (Wildman–Crippen MR) is 54.5 cm³/mol. The molecule has 0 spiro atoms. The van der Waals surface area contributed by atoms with E-state index in [2.05, 4.69) is 15.5 Å². The summed E-state index contributed by atoms with van der Waals surface area (Å²) in [5, 5.41) is 8.51. The minimum absolute atomic E-state index is 0.134. The summed E-state index contributed by atoms with van der Waals surface area (Å²) in [7, 11) is 1.52. The van der Waals surface area contributed by atoms with Crippen molar-refractivity contribution in [1.82, 2.24) is 10.2 Å². The van der Waals surface area contributed by atoms with Crippen LogP contribution in [0.3, 0.4) is 0 Å². The molecule has 0 radical (unpaired) electrons. The minimum atomic E-state index is -4.44. The van der Waals surface area contributed by atoms with Gasteiger partial charge in [-0.3, -0.25) is 0 Å². The average Bonchev–Trinajstić information content (AvgIpc) is 2.50. The maximum absolute atomic E-state index is 12.2. The molecule has 0 saturated heterocycles. The van der Waals surface area contributed by atoms with Crippen LogP contribution in [0.15, 0.2) is 0 Å². The van der Waals surface area contributed by atoms with Crippen molar-refractivity contribution in [2.24, 2.45) is 0 Å². The first-order valence-electron chi connectivity index (χ1n) is 4.42. The molecular formula is C8H12F3N3OS. The summed E-state index contributed by atoms with van der Waals surface area (Å²) < 4.78 is 41.6. The number of anilines is 1. The highest BCUT2D eigenvalue weighted by atomic mass is 32.1. The summed E-state index contributed by atoms with van der Waals surface area (Å²) in [4.78, 5) is 0. The molecule has 0 atom stereocenters. The number of halogens is 3. The van der Waals surface area contributed by atoms with Crippen LogP contribution in [0.25, 0.3) is 0 Å². The lowest BCUT2D eigenvalue weighted by Gasteiger charge is -2.24. The number of rotatable bonds is 4. The molecule has 0 aliphatic carbocycles. The van der Waals surface area contributed by atoms with Gasteiger partial charge in [0, 0.05) is 7.11 Å². The van der Waals surface area contributed by atoms with Crippen LogP contribution >= 0.6 is 11.3 Å². The van der Waals surface area contributed by atoms with Gasteiger partial charge >= 0.3 is 6.18 Å². The Balaban J connectivity index is 2.73. The van der Waals surface area contributed by atoms with Crippen LogP contribution < -0.4 is 5.32 Å². The van der Waals surface area contributed by atoms with E-state index in [1.807, 2.05) is 0 Å². The fourth-order valence-electron chi connectivity index (χ4n) is 1.07. The van der Waals surface area contributed by atoms with Crippen molar-refractivity contribution in [2.45, 2.75) is 25.6 Å². The quantitative estimate of drug-likeness (QED) is 0.897. The first-order chi connectivity index (χ1) is 7.24. The highest BCUT2D eigenvalue weighted by Gasteiger charge is 2.36. The molecule has 1 aromatic heterocycles. The third kappa shape index (κ3) is 3.60. The lowest BCUT2D eigenvalue weighted by molar-refractivity contribution is -0.138. The maximum atomic E-state index is 12.2. The van der Waals surface area contributed by atoms with Crippen LogP contribution in [0.2, 0.25) is 0 Å². The van der Waals surface area contributed by atoms with Crippen LogP contribution in [-0.4, -0.2) is 29.5 Å². The van der Waals surface area contributed by atoms with Crippen LogP contribution in [0, 0.1) is 0 Å². The van der Waals surface area contributed by atoms with Crippen LogP contribution in [0.4, 0.5) is 18.3 Å². The van der Waals surface area contributed by atoms with Crippen molar-refractivity contribution in [3.63, 3.8) is 0 Å². The van der Waals surface area contributed by atoms with E-state index in [9.17, 15) is 13.2 Å². The molecule has 0 fully saturated rings. The second kappa shape index (κ2) is 4.54. The molecule has 4 nitrogen and oxygen atoms in total. The van der Waals surface area contributed by atoms with E-state index in [-0.39, 0.29) is 5.13 Å². The van der Waals surface area contributed by atoms with Gasteiger partial charge in [-0.15, -0.1) is 10.2 Å². The molecule has 8 heteroatoms. The second-order valence-electron chi connectivity index (χ2n) is 3.85. The predicted octanol–water partition coefficient (Wildman–Crippen LogP) is 2.39. The third-order valence-electron chi connectivity index (χ3n) is 1.62. The molecule has 92 valence electrons. The highest BCUT2D eigenvalue weighted by molar-refractivity contribution is 7.15. The Morgan fingerprint density at radius 3 is 2.38 bits per heavy atom. The Kier molecular flexibility index (Phi) is 3.74. The molecule has 1 heterocycles. The largest absolute Gasteiger partial charge is 0.445 e. The van der Waals surface area contributed by atoms with Crippen LogP contribution in [0.1, 0.15) is 18.9 Å². The van der Waals surface area contributed by atoms with Gasteiger partial charge in [0.1, 0.15) is 0 Å². The normalized spacial score (nSPS) is 12.9. The summed E-state index contributed by atoms with van der Waals surface area (Å²) in [5.74, 6) is 0. The van der Waals surface area contributed by atoms with Gasteiger partial charge in [0.05, 0.1) is 12.1 Å². The van der Waals surface area contributed by atoms with Gasteiger partial charge in [-0.05, 0) is 13.8 Å². The van der Waals surface area contributed by atoms with Gasteiger partial charge in [0.25, 0.3) is 0 Å². The van der Waals surface area contributed by atoms with Crippen molar-refractivity contribution >= 4 is 16.5 Å². The van der Waals surface area contributed by atoms with Gasteiger partial charge in [0.2, 0.25) is 10.1 Å². The molecule has 0 aliphatic rings. The highest BCUT2D eigenvalue weighted by Crippen LogP contribution is 2.33. The van der Waals surface area contributed by atoms with Crippen molar-refractivity contribution < 1.29 is 17.9 Å². The van der Waals surface area contributed by atoms with E-state index in [0.717, 1.165) is 0 Å². The Labute approximate surface area is 94.8 Å². The molecule has 0 bridgehead atoms. The third-order valence-corrected chi connectivity index (χ3v) is 2.50. The zero-order chi connectivity index (χ0) is 12.4. The molecule has 0 aromatic carbocycles. The lowest BCUT2D eigenvalue weighted by Crippen LogP contribution is -2.35. The standard InChI is InChI=1S/C8H12F3N3OS/c1-7(2,4-15-3)12-6-14-13-5(16-6)8(9,10)11/h4H2,1-3H3,(H,12,14). The number of nitrogens with one attached hydrogen (secondary N) is 1. The van der Waals surface area contributed by atoms with Crippen molar-refractivity contribution in [1.29, 1.82) is 0 Å². The summed E-state index contributed by atoms with van der Waals surface area (Å²) in [5.41, 5.74) is -0.489. The summed E-state index contributed by atoms with van der Waals surface area (Å²) in [6, 6.07) is 0. The number of methoxy groups -OCH3 is 1. The second-order valence-corrected chi connectivity index (χ2v) is 4.83. The average molecular weight is 255 g/mol. The lowest BCUT2D eigenvalue weighted by atomic mass is 10.1. The van der Waals surface area contributed by atoms with Crippen LogP contribution in [-0.2, 0) is 10.9 Å². The number of alkyl halides is 3. The first kappa shape index (κ1) is 13.2. The van der Waals surface area contributed by atoms with Gasteiger partial charge in [-0.2, -0.15) is 13.2 Å². The Bertz CT molecular complexity index is 351. The summed E-state index contributed by atoms with van der Waals surface area (Å²) >= 11 is 0.479. The van der Waals surface area contributed by atoms with E-state index < -0.39 is 16.7 Å². The van der Waals surface area contributed by atoms with Crippen molar-refractivity contribution in [3.05, 3.63) is 5.01 Å². The smallest absolute Gasteiger partial charge is 0.382 e. The fraction of sp³-hybridized carbons (Fsp3) is 0.750. The monoisotopic (exact) mass is 255 g/mol. The first-order valence-corrected chi connectivity index (χ1v) is 5.24. The van der Waals surface area contributed by atoms with Crippen LogP contribution in [0.5, 0.6) is 0 Å². The number of hydrogen-bond donors (Lipinski definition) is 1. The SMILES string of the molecule is COCC(C)(C)Nc1nnc(C(F)(F)F)s1.